The molecule has 0 radical (unpaired) electrons. The molecule has 0 aromatic rings. The second-order valence-electron chi connectivity index (χ2n) is 6.98. The minimum absolute atomic E-state index is 0.105. The lowest BCUT2D eigenvalue weighted by Gasteiger charge is -2.36. The van der Waals surface area contributed by atoms with Gasteiger partial charge in [0.15, 0.2) is 0 Å². The van der Waals surface area contributed by atoms with Crippen molar-refractivity contribution in [1.82, 2.24) is 10.6 Å². The number of carboxylic acid groups (broad SMARTS) is 1. The van der Waals surface area contributed by atoms with E-state index in [4.69, 9.17) is 9.84 Å². The van der Waals surface area contributed by atoms with Crippen molar-refractivity contribution in [3.8, 4) is 0 Å². The average Bonchev–Trinajstić information content (AvgIpc) is 3.04. The van der Waals surface area contributed by atoms with Crippen LogP contribution in [0.15, 0.2) is 0 Å². The highest BCUT2D eigenvalue weighted by atomic mass is 16.5. The fourth-order valence-electron chi connectivity index (χ4n) is 3.64. The van der Waals surface area contributed by atoms with Crippen molar-refractivity contribution in [3.63, 3.8) is 0 Å². The van der Waals surface area contributed by atoms with Gasteiger partial charge in [0.05, 0.1) is 18.5 Å². The number of carbonyl (C=O) groups is 3. The Morgan fingerprint density at radius 3 is 2.38 bits per heavy atom. The summed E-state index contributed by atoms with van der Waals surface area (Å²) in [5.41, 5.74) is -0.768. The van der Waals surface area contributed by atoms with Crippen LogP contribution in [0.1, 0.15) is 57.8 Å². The maximum Gasteiger partial charge on any atom is 0.305 e. The van der Waals surface area contributed by atoms with Crippen molar-refractivity contribution in [1.29, 1.82) is 0 Å². The van der Waals surface area contributed by atoms with Crippen molar-refractivity contribution in [3.05, 3.63) is 0 Å². The van der Waals surface area contributed by atoms with Gasteiger partial charge in [0, 0.05) is 19.6 Å². The molecule has 3 N–H and O–H groups in total. The summed E-state index contributed by atoms with van der Waals surface area (Å²) in [6.45, 7) is 0.758. The van der Waals surface area contributed by atoms with Gasteiger partial charge in [-0.2, -0.15) is 0 Å². The largest absolute Gasteiger partial charge is 0.481 e. The molecule has 7 nitrogen and oxygen atoms in total. The Kier molecular flexibility index (Phi) is 7.02. The van der Waals surface area contributed by atoms with Crippen LogP contribution in [0, 0.1) is 5.92 Å². The summed E-state index contributed by atoms with van der Waals surface area (Å²) in [4.78, 5) is 35.0. The molecule has 2 aliphatic rings. The fourth-order valence-corrected chi connectivity index (χ4v) is 3.64. The number of amides is 2. The minimum atomic E-state index is -0.946. The summed E-state index contributed by atoms with van der Waals surface area (Å²) < 4.78 is 5.25. The zero-order valence-electron chi connectivity index (χ0n) is 14.1. The second kappa shape index (κ2) is 9.01. The molecule has 0 aromatic heterocycles. The first kappa shape index (κ1) is 18.7. The standard InChI is InChI=1S/C17H28N2O5/c20-14(6-5-13-3-1-2-4-13)18-12-15(21)19-17(11-16(22)23)7-9-24-10-8-17/h13H,1-12H2,(H,18,20)(H,19,21)(H,22,23). The van der Waals surface area contributed by atoms with Crippen molar-refractivity contribution in [2.75, 3.05) is 19.8 Å². The number of hydrogen-bond acceptors (Lipinski definition) is 4. The molecule has 2 rings (SSSR count). The van der Waals surface area contributed by atoms with E-state index in [0.717, 1.165) is 6.42 Å². The molecule has 136 valence electrons. The van der Waals surface area contributed by atoms with E-state index in [1.165, 1.54) is 25.7 Å². The Labute approximate surface area is 142 Å². The molecule has 24 heavy (non-hydrogen) atoms. The molecule has 1 aliphatic heterocycles. The Hall–Kier alpha value is -1.63. The monoisotopic (exact) mass is 340 g/mol. The van der Waals surface area contributed by atoms with E-state index in [-0.39, 0.29) is 24.8 Å². The van der Waals surface area contributed by atoms with Crippen molar-refractivity contribution in [2.24, 2.45) is 5.92 Å². The highest BCUT2D eigenvalue weighted by Gasteiger charge is 2.36. The number of aliphatic carboxylic acids is 1. The van der Waals surface area contributed by atoms with Crippen LogP contribution in [0.25, 0.3) is 0 Å². The molecule has 2 fully saturated rings. The molecule has 1 heterocycles. The van der Waals surface area contributed by atoms with Crippen molar-refractivity contribution < 1.29 is 24.2 Å². The molecule has 1 aliphatic carbocycles. The van der Waals surface area contributed by atoms with Gasteiger partial charge in [-0.15, -0.1) is 0 Å². The van der Waals surface area contributed by atoms with Crippen LogP contribution in [-0.4, -0.2) is 48.2 Å². The molecule has 0 unspecified atom stereocenters. The predicted octanol–water partition coefficient (Wildman–Crippen LogP) is 1.21. The second-order valence-corrected chi connectivity index (χ2v) is 6.98. The summed E-state index contributed by atoms with van der Waals surface area (Å²) in [6.07, 6.45) is 7.06. The molecule has 1 saturated carbocycles. The molecule has 7 heteroatoms. The third kappa shape index (κ3) is 6.11. The molecular formula is C17H28N2O5. The molecule has 0 aromatic carbocycles. The van der Waals surface area contributed by atoms with Gasteiger partial charge in [-0.25, -0.2) is 0 Å². The normalized spacial score (nSPS) is 20.5. The Morgan fingerprint density at radius 2 is 1.75 bits per heavy atom. The third-order valence-electron chi connectivity index (χ3n) is 5.04. The van der Waals surface area contributed by atoms with E-state index in [0.29, 0.717) is 38.4 Å². The summed E-state index contributed by atoms with van der Waals surface area (Å²) in [5, 5.41) is 14.5. The van der Waals surface area contributed by atoms with E-state index in [1.54, 1.807) is 0 Å². The zero-order valence-corrected chi connectivity index (χ0v) is 14.1. The molecule has 1 saturated heterocycles. The van der Waals surface area contributed by atoms with E-state index >= 15 is 0 Å². The Bertz CT molecular complexity index is 454. The van der Waals surface area contributed by atoms with Gasteiger partial charge in [0.25, 0.3) is 0 Å². The molecule has 0 bridgehead atoms. The third-order valence-corrected chi connectivity index (χ3v) is 5.04. The maximum absolute atomic E-state index is 12.1. The van der Waals surface area contributed by atoms with Gasteiger partial charge < -0.3 is 20.5 Å². The highest BCUT2D eigenvalue weighted by Crippen LogP contribution is 2.28. The summed E-state index contributed by atoms with van der Waals surface area (Å²) >= 11 is 0. The first-order valence-electron chi connectivity index (χ1n) is 8.86. The molecular weight excluding hydrogens is 312 g/mol. The smallest absolute Gasteiger partial charge is 0.305 e. The van der Waals surface area contributed by atoms with Crippen molar-refractivity contribution in [2.45, 2.75) is 63.3 Å². The summed E-state index contributed by atoms with van der Waals surface area (Å²) in [6, 6.07) is 0. The quantitative estimate of drug-likeness (QED) is 0.616. The number of nitrogens with one attached hydrogen (secondary N) is 2. The fraction of sp³-hybridized carbons (Fsp3) is 0.824. The number of carbonyl (C=O) groups excluding carboxylic acids is 2. The van der Waals surface area contributed by atoms with Gasteiger partial charge in [-0.1, -0.05) is 25.7 Å². The van der Waals surface area contributed by atoms with Gasteiger partial charge >= 0.3 is 5.97 Å². The van der Waals surface area contributed by atoms with Gasteiger partial charge in [-0.05, 0) is 25.2 Å². The number of carboxylic acids is 1. The van der Waals surface area contributed by atoms with E-state index in [9.17, 15) is 14.4 Å². The lowest BCUT2D eigenvalue weighted by Crippen LogP contribution is -2.55. The van der Waals surface area contributed by atoms with E-state index < -0.39 is 11.5 Å². The van der Waals surface area contributed by atoms with E-state index in [2.05, 4.69) is 10.6 Å². The maximum atomic E-state index is 12.1. The van der Waals surface area contributed by atoms with Crippen LogP contribution in [0.3, 0.4) is 0 Å². The summed E-state index contributed by atoms with van der Waals surface area (Å²) in [7, 11) is 0. The number of rotatable bonds is 8. The lowest BCUT2D eigenvalue weighted by atomic mass is 9.86. The number of ether oxygens (including phenoxy) is 1. The van der Waals surface area contributed by atoms with Crippen LogP contribution in [0.4, 0.5) is 0 Å². The van der Waals surface area contributed by atoms with Crippen LogP contribution in [0.5, 0.6) is 0 Å². The Balaban J connectivity index is 1.71. The van der Waals surface area contributed by atoms with Crippen LogP contribution >= 0.6 is 0 Å². The van der Waals surface area contributed by atoms with Gasteiger partial charge in [-0.3, -0.25) is 14.4 Å². The highest BCUT2D eigenvalue weighted by molar-refractivity contribution is 5.85. The first-order chi connectivity index (χ1) is 11.5. The molecule has 2 amide bonds. The SMILES string of the molecule is O=C(O)CC1(NC(=O)CNC(=O)CCC2CCCC2)CCOCC1. The minimum Gasteiger partial charge on any atom is -0.481 e. The molecule has 0 spiro atoms. The predicted molar refractivity (Wildman–Crippen MR) is 87.4 cm³/mol. The van der Waals surface area contributed by atoms with Crippen molar-refractivity contribution >= 4 is 17.8 Å². The molecule has 0 atom stereocenters. The van der Waals surface area contributed by atoms with Gasteiger partial charge in [0.2, 0.25) is 11.8 Å². The lowest BCUT2D eigenvalue weighted by molar-refractivity contribution is -0.140. The Morgan fingerprint density at radius 1 is 1.08 bits per heavy atom. The van der Waals surface area contributed by atoms with Gasteiger partial charge in [0.1, 0.15) is 0 Å². The first-order valence-corrected chi connectivity index (χ1v) is 8.86. The van der Waals surface area contributed by atoms with Crippen LogP contribution in [-0.2, 0) is 19.1 Å². The van der Waals surface area contributed by atoms with Crippen LogP contribution < -0.4 is 10.6 Å². The topological polar surface area (TPSA) is 105 Å². The summed E-state index contributed by atoms with van der Waals surface area (Å²) in [5.74, 6) is -0.757. The number of hydrogen-bond donors (Lipinski definition) is 3. The average molecular weight is 340 g/mol. The zero-order chi connectivity index (χ0) is 17.4. The van der Waals surface area contributed by atoms with E-state index in [1.807, 2.05) is 0 Å². The van der Waals surface area contributed by atoms with Crippen LogP contribution in [0.2, 0.25) is 0 Å².